The molecule has 1 aromatic heterocycles. The number of nitrogens with one attached hydrogen (secondary N) is 1. The summed E-state index contributed by atoms with van der Waals surface area (Å²) in [6.07, 6.45) is 0. The molecule has 2 rings (SSSR count). The number of hydrogen-bond acceptors (Lipinski definition) is 3. The summed E-state index contributed by atoms with van der Waals surface area (Å²) in [5, 5.41) is 16.6. The Morgan fingerprint density at radius 2 is 2.12 bits per heavy atom. The van der Waals surface area contributed by atoms with Crippen LogP contribution >= 0.6 is 35.3 Å². The molecule has 2 N–H and O–H groups in total. The monoisotopic (exact) mass is 463 g/mol. The number of halogens is 2. The molecule has 7 heteroatoms. The summed E-state index contributed by atoms with van der Waals surface area (Å²) in [6, 6.07) is 6.82. The van der Waals surface area contributed by atoms with E-state index in [9.17, 15) is 4.39 Å². The normalized spacial score (nSPS) is 11.1. The van der Waals surface area contributed by atoms with Crippen LogP contribution in [0.4, 0.5) is 4.39 Å². The predicted molar refractivity (Wildman–Crippen MR) is 108 cm³/mol. The lowest BCUT2D eigenvalue weighted by Crippen LogP contribution is -2.38. The van der Waals surface area contributed by atoms with E-state index in [0.717, 1.165) is 24.6 Å². The lowest BCUT2D eigenvalue weighted by molar-refractivity contribution is 0.275. The van der Waals surface area contributed by atoms with Crippen LogP contribution in [-0.2, 0) is 19.7 Å². The summed E-state index contributed by atoms with van der Waals surface area (Å²) in [5.74, 6) is 0.412. The molecule has 0 bridgehead atoms. The first-order valence-electron chi connectivity index (χ1n) is 7.52. The maximum absolute atomic E-state index is 13.4. The number of aliphatic hydroxyl groups excluding tert-OH is 1. The molecule has 0 atom stereocenters. The van der Waals surface area contributed by atoms with Gasteiger partial charge >= 0.3 is 0 Å². The zero-order valence-electron chi connectivity index (χ0n) is 13.8. The molecule has 0 aliphatic heterocycles. The number of thiophene rings is 1. The Hall–Kier alpha value is -1.19. The van der Waals surface area contributed by atoms with Gasteiger partial charge in [0.1, 0.15) is 5.82 Å². The summed E-state index contributed by atoms with van der Waals surface area (Å²) < 4.78 is 13.4. The van der Waals surface area contributed by atoms with Gasteiger partial charge in [0, 0.05) is 25.7 Å². The number of benzene rings is 1. The van der Waals surface area contributed by atoms with Crippen LogP contribution in [0.5, 0.6) is 0 Å². The van der Waals surface area contributed by atoms with Crippen LogP contribution in [0.15, 0.2) is 40.0 Å². The molecule has 0 saturated carbocycles. The van der Waals surface area contributed by atoms with Crippen molar-refractivity contribution in [2.75, 3.05) is 13.6 Å². The van der Waals surface area contributed by atoms with E-state index in [2.05, 4.69) is 32.0 Å². The van der Waals surface area contributed by atoms with E-state index in [0.29, 0.717) is 12.1 Å². The molecule has 0 radical (unpaired) electrons. The zero-order chi connectivity index (χ0) is 16.7. The first-order valence-corrected chi connectivity index (χ1v) is 8.47. The van der Waals surface area contributed by atoms with Crippen molar-refractivity contribution in [3.05, 3.63) is 57.5 Å². The molecule has 0 spiro atoms. The average molecular weight is 463 g/mol. The van der Waals surface area contributed by atoms with E-state index >= 15 is 0 Å². The summed E-state index contributed by atoms with van der Waals surface area (Å²) >= 11 is 1.68. The van der Waals surface area contributed by atoms with Crippen molar-refractivity contribution in [1.29, 1.82) is 0 Å². The molecular weight excluding hydrogens is 440 g/mol. The molecule has 0 aliphatic carbocycles. The largest absolute Gasteiger partial charge is 0.392 e. The quantitative estimate of drug-likeness (QED) is 0.391. The van der Waals surface area contributed by atoms with Gasteiger partial charge in [0.05, 0.1) is 13.2 Å². The van der Waals surface area contributed by atoms with Crippen LogP contribution < -0.4 is 5.32 Å². The third-order valence-electron chi connectivity index (χ3n) is 3.39. The lowest BCUT2D eigenvalue weighted by Gasteiger charge is -2.21. The van der Waals surface area contributed by atoms with Crippen LogP contribution in [0, 0.1) is 5.82 Å². The molecule has 0 aliphatic rings. The van der Waals surface area contributed by atoms with Crippen LogP contribution in [0.3, 0.4) is 0 Å². The van der Waals surface area contributed by atoms with E-state index in [1.165, 1.54) is 11.6 Å². The Morgan fingerprint density at radius 1 is 1.33 bits per heavy atom. The molecule has 0 fully saturated rings. The molecule has 0 unspecified atom stereocenters. The maximum atomic E-state index is 13.4. The van der Waals surface area contributed by atoms with Gasteiger partial charge in [0.15, 0.2) is 5.96 Å². The fourth-order valence-electron chi connectivity index (χ4n) is 2.21. The molecule has 4 nitrogen and oxygen atoms in total. The summed E-state index contributed by atoms with van der Waals surface area (Å²) in [4.78, 5) is 6.66. The Balaban J connectivity index is 0.00000288. The number of nitrogens with zero attached hydrogens (tertiary/aromatic N) is 2. The molecule has 0 amide bonds. The highest BCUT2D eigenvalue weighted by molar-refractivity contribution is 14.0. The highest BCUT2D eigenvalue weighted by Gasteiger charge is 2.07. The van der Waals surface area contributed by atoms with Gasteiger partial charge in [0.25, 0.3) is 0 Å². The highest BCUT2D eigenvalue weighted by atomic mass is 127. The Morgan fingerprint density at radius 3 is 2.75 bits per heavy atom. The van der Waals surface area contributed by atoms with Gasteiger partial charge in [-0.05, 0) is 47.0 Å². The Labute approximate surface area is 163 Å². The van der Waals surface area contributed by atoms with Crippen LogP contribution in [0.1, 0.15) is 23.6 Å². The van der Waals surface area contributed by atoms with Gasteiger partial charge in [0.2, 0.25) is 0 Å². The predicted octanol–water partition coefficient (Wildman–Crippen LogP) is 3.60. The fourth-order valence-corrected chi connectivity index (χ4v) is 2.87. The number of rotatable bonds is 6. The van der Waals surface area contributed by atoms with Crippen molar-refractivity contribution in [2.45, 2.75) is 26.6 Å². The van der Waals surface area contributed by atoms with Gasteiger partial charge in [-0.1, -0.05) is 6.07 Å². The summed E-state index contributed by atoms with van der Waals surface area (Å²) in [7, 11) is 1.99. The first kappa shape index (κ1) is 20.9. The highest BCUT2D eigenvalue weighted by Crippen LogP contribution is 2.12. The minimum atomic E-state index is -0.387. The second kappa shape index (κ2) is 10.6. The number of aliphatic imine (C=N–C) groups is 1. The van der Waals surface area contributed by atoms with Gasteiger partial charge < -0.3 is 15.3 Å². The van der Waals surface area contributed by atoms with Gasteiger partial charge in [-0.25, -0.2) is 9.38 Å². The van der Waals surface area contributed by atoms with Crippen LogP contribution in [-0.4, -0.2) is 29.6 Å². The first-order chi connectivity index (χ1) is 11.1. The minimum absolute atomic E-state index is 0. The molecule has 2 aromatic rings. The second-order valence-electron chi connectivity index (χ2n) is 5.24. The van der Waals surface area contributed by atoms with Crippen molar-refractivity contribution in [3.8, 4) is 0 Å². The average Bonchev–Trinajstić information content (AvgIpc) is 3.05. The molecular formula is C17H23FIN3OS. The fraction of sp³-hybridized carbons (Fsp3) is 0.353. The van der Waals surface area contributed by atoms with E-state index in [-0.39, 0.29) is 36.4 Å². The van der Waals surface area contributed by atoms with E-state index in [4.69, 9.17) is 5.11 Å². The van der Waals surface area contributed by atoms with Crippen molar-refractivity contribution < 1.29 is 9.50 Å². The van der Waals surface area contributed by atoms with E-state index in [1.54, 1.807) is 23.5 Å². The minimum Gasteiger partial charge on any atom is -0.392 e. The number of hydrogen-bond donors (Lipinski definition) is 2. The van der Waals surface area contributed by atoms with Crippen molar-refractivity contribution in [1.82, 2.24) is 10.2 Å². The van der Waals surface area contributed by atoms with E-state index in [1.807, 2.05) is 14.0 Å². The molecule has 24 heavy (non-hydrogen) atoms. The van der Waals surface area contributed by atoms with Crippen molar-refractivity contribution in [2.24, 2.45) is 4.99 Å². The molecule has 0 saturated heterocycles. The van der Waals surface area contributed by atoms with Crippen molar-refractivity contribution in [3.63, 3.8) is 0 Å². The van der Waals surface area contributed by atoms with Crippen molar-refractivity contribution >= 4 is 41.3 Å². The summed E-state index contributed by atoms with van der Waals surface area (Å²) in [5.41, 5.74) is 2.41. The third-order valence-corrected chi connectivity index (χ3v) is 4.12. The second-order valence-corrected chi connectivity index (χ2v) is 6.02. The smallest absolute Gasteiger partial charge is 0.194 e. The maximum Gasteiger partial charge on any atom is 0.194 e. The summed E-state index contributed by atoms with van der Waals surface area (Å²) in [6.45, 7) is 3.71. The number of guanidine groups is 1. The SMILES string of the molecule is CCNC(=NCc1ccc(F)c(CO)c1)N(C)Cc1ccsc1.I. The van der Waals surface area contributed by atoms with Crippen LogP contribution in [0.25, 0.3) is 0 Å². The van der Waals surface area contributed by atoms with E-state index < -0.39 is 0 Å². The number of aliphatic hydroxyl groups is 1. The lowest BCUT2D eigenvalue weighted by atomic mass is 10.1. The van der Waals surface area contributed by atoms with Gasteiger partial charge in [-0.3, -0.25) is 0 Å². The van der Waals surface area contributed by atoms with Gasteiger partial charge in [-0.2, -0.15) is 11.3 Å². The van der Waals surface area contributed by atoms with Gasteiger partial charge in [-0.15, -0.1) is 24.0 Å². The zero-order valence-corrected chi connectivity index (χ0v) is 17.0. The topological polar surface area (TPSA) is 47.9 Å². The Kier molecular flexibility index (Phi) is 9.24. The standard InChI is InChI=1S/C17H22FN3OS.HI/c1-3-19-17(21(2)10-14-6-7-23-12-14)20-9-13-4-5-16(18)15(8-13)11-22;/h4-8,12,22H,3,9-11H2,1-2H3,(H,19,20);1H. The molecule has 132 valence electrons. The molecule has 1 aromatic carbocycles. The van der Waals surface area contributed by atoms with Crippen LogP contribution in [0.2, 0.25) is 0 Å². The Bertz CT molecular complexity index is 649. The third kappa shape index (κ3) is 6.03. The molecule has 1 heterocycles.